The van der Waals surface area contributed by atoms with Gasteiger partial charge < -0.3 is 37.3 Å². The third kappa shape index (κ3) is 202. The Kier molecular flexibility index (Phi) is 121. The second-order valence-corrected chi connectivity index (χ2v) is 0.742. The zero-order chi connectivity index (χ0) is 7.15. The van der Waals surface area contributed by atoms with Crippen LogP contribution < -0.4 is 179 Å². The minimum Gasteiger partial charge on any atom is -1.00 e. The minimum atomic E-state index is -2.33. The Balaban J connectivity index is -0.00000000800. The molecule has 0 rings (SSSR count). The van der Waals surface area contributed by atoms with Crippen molar-refractivity contribution in [2.24, 2.45) is 0 Å². The van der Waals surface area contributed by atoms with E-state index in [1.807, 2.05) is 0 Å². The van der Waals surface area contributed by atoms with Gasteiger partial charge in [-0.3, -0.25) is 0 Å². The fourth-order valence-corrected chi connectivity index (χ4v) is 0. The molecular weight excluding hydrogens is 260 g/mol. The van der Waals surface area contributed by atoms with Crippen LogP contribution in [0.3, 0.4) is 0 Å². The normalized spacial score (nSPS) is 3.77. The summed E-state index contributed by atoms with van der Waals surface area (Å²) in [6, 6.07) is 0. The van der Waals surface area contributed by atoms with E-state index in [2.05, 4.69) is 0 Å². The molecule has 0 saturated heterocycles. The van der Waals surface area contributed by atoms with Crippen molar-refractivity contribution in [3.05, 3.63) is 0 Å². The predicted octanol–water partition coefficient (Wildman–Crippen LogP) is -18.7. The number of halogens is 1. The summed E-state index contributed by atoms with van der Waals surface area (Å²) >= 11 is 0. The Labute approximate surface area is 202 Å². The van der Waals surface area contributed by atoms with E-state index in [4.69, 9.17) is 24.9 Å². The van der Waals surface area contributed by atoms with E-state index in [0.717, 1.165) is 6.92 Å². The van der Waals surface area contributed by atoms with Gasteiger partial charge in [-0.2, -0.15) is 0 Å². The molecule has 0 N–H and O–H groups in total. The quantitative estimate of drug-likeness (QED) is 0.403. The predicted molar refractivity (Wildman–Crippen MR) is 16.1 cm³/mol. The zero-order valence-electron chi connectivity index (χ0n) is 8.42. The number of rotatable bonds is 0. The van der Waals surface area contributed by atoms with Crippen molar-refractivity contribution in [3.8, 4) is 0 Å². The molecule has 0 amide bonds. The average molecular weight is 263 g/mol. The molecule has 0 aliphatic carbocycles. The Hall–Kier alpha value is 3.90. The first-order chi connectivity index (χ1) is 3.46. The van der Waals surface area contributed by atoms with E-state index >= 15 is 0 Å². The summed E-state index contributed by atoms with van der Waals surface area (Å²) in [5.41, 5.74) is 0. The molecule has 0 fully saturated rings. The number of aliphatic carboxylic acids is 1. The summed E-state index contributed by atoms with van der Waals surface area (Å²) in [6.45, 7) is 0.972. The first-order valence-electron chi connectivity index (χ1n) is 1.52. The molecule has 0 saturated carbocycles. The molecule has 0 aromatic carbocycles. The number of carbonyl (C=O) groups excluding carboxylic acids is 2. The standard InChI is InChI=1S/C2H4O2.CH2O3.ClH.2K.Li.Na/c1-2(3)4;2-1(3)4;;;;;/h1H3,(H,3,4);(H2,2,3,4);1H;;;;/q;;;4*+1/p-4. The average Bonchev–Trinajstić information content (AvgIpc) is 1.25. The molecule has 0 radical (unpaired) electrons. The molecule has 0 spiro atoms. The molecule has 0 aliphatic heterocycles. The van der Waals surface area contributed by atoms with Gasteiger partial charge in [-0.05, 0) is 13.1 Å². The molecule has 56 valence electrons. The van der Waals surface area contributed by atoms with E-state index < -0.39 is 12.1 Å². The summed E-state index contributed by atoms with van der Waals surface area (Å²) in [7, 11) is 0. The van der Waals surface area contributed by atoms with Gasteiger partial charge in [0.15, 0.2) is 0 Å². The van der Waals surface area contributed by atoms with Gasteiger partial charge in [0.05, 0.1) is 0 Å². The van der Waals surface area contributed by atoms with Crippen molar-refractivity contribution < 1.29 is 189 Å². The largest absolute Gasteiger partial charge is 1.00 e. The van der Waals surface area contributed by atoms with Gasteiger partial charge >= 0.3 is 151 Å². The Morgan fingerprint density at radius 3 is 1.00 bits per heavy atom. The van der Waals surface area contributed by atoms with Gasteiger partial charge in [0.2, 0.25) is 0 Å². The summed E-state index contributed by atoms with van der Waals surface area (Å²) < 4.78 is 0. The van der Waals surface area contributed by atoms with Crippen LogP contribution in [0.2, 0.25) is 0 Å². The zero-order valence-corrected chi connectivity index (χ0v) is 17.4. The third-order valence-electron chi connectivity index (χ3n) is 0. The summed E-state index contributed by atoms with van der Waals surface area (Å²) in [5, 5.41) is 25.6. The molecule has 0 heterocycles. The van der Waals surface area contributed by atoms with Gasteiger partial charge in [-0.25, -0.2) is 0 Å². The number of carboxylic acid groups (broad SMARTS) is 3. The summed E-state index contributed by atoms with van der Waals surface area (Å²) in [5.74, 6) is -1.08. The van der Waals surface area contributed by atoms with Crippen molar-refractivity contribution in [3.63, 3.8) is 0 Å². The van der Waals surface area contributed by atoms with Crippen LogP contribution in [-0.4, -0.2) is 12.1 Å². The van der Waals surface area contributed by atoms with Crippen LogP contribution in [-0.2, 0) is 4.79 Å². The van der Waals surface area contributed by atoms with Crippen LogP contribution in [0, 0.1) is 0 Å². The molecule has 0 bridgehead atoms. The van der Waals surface area contributed by atoms with E-state index in [0.29, 0.717) is 0 Å². The SMILES string of the molecule is CC(=O)[O-].O=C([O-])[O-].[Cl-].[K+].[K+].[Li+].[Na+]. The molecule has 5 nitrogen and oxygen atoms in total. The van der Waals surface area contributed by atoms with E-state index in [9.17, 15) is 0 Å². The third-order valence-corrected chi connectivity index (χ3v) is 0. The van der Waals surface area contributed by atoms with Crippen LogP contribution in [0.4, 0.5) is 4.79 Å². The monoisotopic (exact) mass is 262 g/mol. The molecule has 0 aromatic heterocycles. The summed E-state index contributed by atoms with van der Waals surface area (Å²) in [4.78, 5) is 17.2. The molecule has 13 heavy (non-hydrogen) atoms. The minimum absolute atomic E-state index is 0. The van der Waals surface area contributed by atoms with Crippen molar-refractivity contribution in [1.82, 2.24) is 0 Å². The van der Waals surface area contributed by atoms with Gasteiger partial charge in [0, 0.05) is 5.97 Å². The van der Waals surface area contributed by atoms with Crippen LogP contribution >= 0.6 is 0 Å². The van der Waals surface area contributed by atoms with E-state index in [1.165, 1.54) is 0 Å². The topological polar surface area (TPSA) is 103 Å². The number of carboxylic acids is 1. The van der Waals surface area contributed by atoms with Crippen LogP contribution in [0.5, 0.6) is 0 Å². The second kappa shape index (κ2) is 36.0. The van der Waals surface area contributed by atoms with Gasteiger partial charge in [-0.15, -0.1) is 0 Å². The smallest absolute Gasteiger partial charge is 1.00 e. The van der Waals surface area contributed by atoms with Crippen molar-refractivity contribution in [2.45, 2.75) is 6.92 Å². The second-order valence-electron chi connectivity index (χ2n) is 0.742. The molecule has 0 aromatic rings. The molecule has 0 aliphatic rings. The first kappa shape index (κ1) is 43.6. The number of hydrogen-bond acceptors (Lipinski definition) is 5. The maximum absolute atomic E-state index is 8.89. The number of carbonyl (C=O) groups is 2. The van der Waals surface area contributed by atoms with Crippen molar-refractivity contribution in [2.75, 3.05) is 0 Å². The van der Waals surface area contributed by atoms with Gasteiger partial charge in [0.1, 0.15) is 0 Å². The maximum Gasteiger partial charge on any atom is 1.00 e. The Morgan fingerprint density at radius 1 is 1.00 bits per heavy atom. The fraction of sp³-hybridized carbons (Fsp3) is 0.333. The molecule has 10 heteroatoms. The molecular formula is C3H3ClK2LiNaO5. The first-order valence-corrected chi connectivity index (χ1v) is 1.52. The Morgan fingerprint density at radius 2 is 1.00 bits per heavy atom. The van der Waals surface area contributed by atoms with Crippen LogP contribution in [0.1, 0.15) is 6.92 Å². The fourth-order valence-electron chi connectivity index (χ4n) is 0. The van der Waals surface area contributed by atoms with Crippen molar-refractivity contribution in [1.29, 1.82) is 0 Å². The van der Waals surface area contributed by atoms with E-state index in [1.54, 1.807) is 0 Å². The Bertz CT molecular complexity index is 87.8. The van der Waals surface area contributed by atoms with Gasteiger partial charge in [-0.1, -0.05) is 0 Å². The van der Waals surface area contributed by atoms with Crippen LogP contribution in [0.25, 0.3) is 0 Å². The van der Waals surface area contributed by atoms with Crippen LogP contribution in [0.15, 0.2) is 0 Å². The molecule has 0 atom stereocenters. The summed E-state index contributed by atoms with van der Waals surface area (Å²) in [6.07, 6.45) is -2.33. The van der Waals surface area contributed by atoms with Crippen molar-refractivity contribution >= 4 is 12.1 Å². The van der Waals surface area contributed by atoms with Gasteiger partial charge in [0.25, 0.3) is 0 Å². The van der Waals surface area contributed by atoms with E-state index in [-0.39, 0.29) is 164 Å². The maximum atomic E-state index is 8.89. The molecule has 0 unspecified atom stereocenters. The number of hydrogen-bond donors (Lipinski definition) is 0.